The fourth-order valence-electron chi connectivity index (χ4n) is 4.62. The fourth-order valence-corrected chi connectivity index (χ4v) is 7.85. The van der Waals surface area contributed by atoms with Crippen LogP contribution in [0, 0.1) is 0 Å². The number of carbonyl (C=O) groups is 1. The third kappa shape index (κ3) is 3.95. The number of amides is 1. The highest BCUT2D eigenvalue weighted by Crippen LogP contribution is 2.41. The Kier molecular flexibility index (Phi) is 5.83. The maximum absolute atomic E-state index is 13.1. The van der Waals surface area contributed by atoms with Gasteiger partial charge < -0.3 is 5.32 Å². The number of hydrogen-bond donors (Lipinski definition) is 1. The number of anilines is 2. The van der Waals surface area contributed by atoms with Crippen molar-refractivity contribution < 1.29 is 21.6 Å². The van der Waals surface area contributed by atoms with Crippen LogP contribution in [0.3, 0.4) is 0 Å². The van der Waals surface area contributed by atoms with Crippen LogP contribution in [-0.2, 0) is 24.8 Å². The third-order valence-electron chi connectivity index (χ3n) is 6.29. The number of rotatable bonds is 5. The van der Waals surface area contributed by atoms with Gasteiger partial charge in [-0.15, -0.1) is 0 Å². The first-order valence-electron chi connectivity index (χ1n) is 11.2. The molecule has 0 aliphatic carbocycles. The maximum atomic E-state index is 13.1. The van der Waals surface area contributed by atoms with E-state index in [1.807, 2.05) is 12.1 Å². The molecule has 0 radical (unpaired) electrons. The molecule has 0 unspecified atom stereocenters. The molecule has 1 amide bonds. The van der Waals surface area contributed by atoms with Crippen LogP contribution in [0.4, 0.5) is 11.4 Å². The van der Waals surface area contributed by atoms with E-state index in [0.29, 0.717) is 29.9 Å². The normalized spacial score (nSPS) is 18.1. The Bertz CT molecular complexity index is 1470. The van der Waals surface area contributed by atoms with Gasteiger partial charge in [-0.25, -0.2) is 16.8 Å². The van der Waals surface area contributed by atoms with Crippen LogP contribution in [0.1, 0.15) is 25.7 Å². The van der Waals surface area contributed by atoms with Crippen molar-refractivity contribution in [3.8, 4) is 0 Å². The van der Waals surface area contributed by atoms with Crippen molar-refractivity contribution in [3.05, 3.63) is 60.7 Å². The summed E-state index contributed by atoms with van der Waals surface area (Å²) in [7, 11) is -7.54. The first-order chi connectivity index (χ1) is 16.3. The maximum Gasteiger partial charge on any atom is 0.265 e. The van der Waals surface area contributed by atoms with Gasteiger partial charge in [-0.1, -0.05) is 43.2 Å². The Morgan fingerprint density at radius 2 is 1.59 bits per heavy atom. The quantitative estimate of drug-likeness (QED) is 0.578. The van der Waals surface area contributed by atoms with E-state index in [0.717, 1.165) is 35.4 Å². The van der Waals surface area contributed by atoms with Crippen molar-refractivity contribution in [1.29, 1.82) is 0 Å². The average Bonchev–Trinajstić information content (AvgIpc) is 3.01. The summed E-state index contributed by atoms with van der Waals surface area (Å²) in [6, 6.07) is 16.4. The molecule has 2 heterocycles. The largest absolute Gasteiger partial charge is 0.324 e. The molecule has 0 saturated carbocycles. The molecule has 0 spiro atoms. The fraction of sp³-hybridized carbons (Fsp3) is 0.292. The summed E-state index contributed by atoms with van der Waals surface area (Å²) in [6.07, 6.45) is 3.68. The van der Waals surface area contributed by atoms with E-state index >= 15 is 0 Å². The van der Waals surface area contributed by atoms with Gasteiger partial charge in [0.15, 0.2) is 0 Å². The van der Waals surface area contributed by atoms with E-state index in [1.165, 1.54) is 22.5 Å². The van der Waals surface area contributed by atoms with E-state index in [1.54, 1.807) is 30.3 Å². The zero-order valence-corrected chi connectivity index (χ0v) is 20.1. The average molecular weight is 500 g/mol. The van der Waals surface area contributed by atoms with Gasteiger partial charge in [0.05, 0.1) is 15.5 Å². The Morgan fingerprint density at radius 3 is 2.32 bits per heavy atom. The number of sulfonamides is 2. The Labute approximate surface area is 199 Å². The minimum absolute atomic E-state index is 0.109. The molecule has 2 aliphatic rings. The molecule has 0 atom stereocenters. The van der Waals surface area contributed by atoms with Gasteiger partial charge in [-0.3, -0.25) is 9.10 Å². The lowest BCUT2D eigenvalue weighted by atomic mass is 10.1. The van der Waals surface area contributed by atoms with E-state index in [-0.39, 0.29) is 9.79 Å². The first kappa shape index (κ1) is 22.8. The molecular formula is C24H25N3O5S2. The monoisotopic (exact) mass is 499 g/mol. The Hall–Kier alpha value is -2.95. The summed E-state index contributed by atoms with van der Waals surface area (Å²) < 4.78 is 55.0. The van der Waals surface area contributed by atoms with Crippen molar-refractivity contribution in [2.45, 2.75) is 35.5 Å². The van der Waals surface area contributed by atoms with Crippen molar-refractivity contribution in [2.75, 3.05) is 29.3 Å². The molecule has 5 rings (SSSR count). The lowest BCUT2D eigenvalue weighted by Crippen LogP contribution is -2.35. The van der Waals surface area contributed by atoms with Gasteiger partial charge in [0, 0.05) is 24.2 Å². The van der Waals surface area contributed by atoms with Gasteiger partial charge in [0.25, 0.3) is 10.0 Å². The van der Waals surface area contributed by atoms with Crippen molar-refractivity contribution in [3.63, 3.8) is 0 Å². The lowest BCUT2D eigenvalue weighted by molar-refractivity contribution is -0.114. The van der Waals surface area contributed by atoms with Gasteiger partial charge in [-0.05, 0) is 48.6 Å². The SMILES string of the molecule is O=C(CN1c2cccc3cccc(c23)S1(=O)=O)Nc1cccc(S(=O)(=O)N2CCCCCC2)c1. The summed E-state index contributed by atoms with van der Waals surface area (Å²) >= 11 is 0. The number of carbonyl (C=O) groups excluding carboxylic acids is 1. The first-order valence-corrected chi connectivity index (χ1v) is 14.1. The predicted octanol–water partition coefficient (Wildman–Crippen LogP) is 3.55. The topological polar surface area (TPSA) is 104 Å². The summed E-state index contributed by atoms with van der Waals surface area (Å²) in [4.78, 5) is 13.1. The molecule has 0 bridgehead atoms. The number of hydrogen-bond acceptors (Lipinski definition) is 5. The van der Waals surface area contributed by atoms with Gasteiger partial charge in [0.1, 0.15) is 6.54 Å². The highest BCUT2D eigenvalue weighted by atomic mass is 32.2. The molecular weight excluding hydrogens is 474 g/mol. The highest BCUT2D eigenvalue weighted by Gasteiger charge is 2.36. The lowest BCUT2D eigenvalue weighted by Gasteiger charge is -2.21. The second-order valence-corrected chi connectivity index (χ2v) is 12.3. The molecule has 1 N–H and O–H groups in total. The van der Waals surface area contributed by atoms with Gasteiger partial charge in [0.2, 0.25) is 15.9 Å². The molecule has 34 heavy (non-hydrogen) atoms. The second-order valence-electron chi connectivity index (χ2n) is 8.54. The standard InChI is InChI=1S/C24H25N3O5S2/c28-23(17-27-21-12-5-8-18-9-6-13-22(24(18)21)34(27,31)32)25-19-10-7-11-20(16-19)33(29,30)26-14-3-1-2-4-15-26/h5-13,16H,1-4,14-15,17H2,(H,25,28). The van der Waals surface area contributed by atoms with Crippen LogP contribution in [0.2, 0.25) is 0 Å². The molecule has 0 aromatic heterocycles. The zero-order valence-electron chi connectivity index (χ0n) is 18.5. The molecule has 1 saturated heterocycles. The second kappa shape index (κ2) is 8.68. The number of benzene rings is 3. The van der Waals surface area contributed by atoms with E-state index < -0.39 is 32.5 Å². The highest BCUT2D eigenvalue weighted by molar-refractivity contribution is 7.93. The molecule has 8 nitrogen and oxygen atoms in total. The van der Waals surface area contributed by atoms with Crippen LogP contribution in [0.25, 0.3) is 10.8 Å². The smallest absolute Gasteiger partial charge is 0.265 e. The zero-order chi connectivity index (χ0) is 23.9. The summed E-state index contributed by atoms with van der Waals surface area (Å²) in [5, 5.41) is 4.05. The number of nitrogens with zero attached hydrogens (tertiary/aromatic N) is 2. The third-order valence-corrected chi connectivity index (χ3v) is 9.99. The van der Waals surface area contributed by atoms with Crippen LogP contribution in [0.5, 0.6) is 0 Å². The van der Waals surface area contributed by atoms with E-state index in [4.69, 9.17) is 0 Å². The van der Waals surface area contributed by atoms with Crippen LogP contribution in [-0.4, -0.2) is 46.7 Å². The van der Waals surface area contributed by atoms with E-state index in [2.05, 4.69) is 5.32 Å². The predicted molar refractivity (Wildman–Crippen MR) is 131 cm³/mol. The molecule has 3 aromatic carbocycles. The summed E-state index contributed by atoms with van der Waals surface area (Å²) in [5.74, 6) is -0.558. The van der Waals surface area contributed by atoms with Crippen molar-refractivity contribution in [2.24, 2.45) is 0 Å². The molecule has 2 aliphatic heterocycles. The summed E-state index contributed by atoms with van der Waals surface area (Å²) in [5.41, 5.74) is 0.758. The Morgan fingerprint density at radius 1 is 0.912 bits per heavy atom. The Balaban J connectivity index is 1.37. The van der Waals surface area contributed by atoms with Crippen LogP contribution >= 0.6 is 0 Å². The van der Waals surface area contributed by atoms with Crippen LogP contribution < -0.4 is 9.62 Å². The molecule has 3 aromatic rings. The minimum Gasteiger partial charge on any atom is -0.324 e. The molecule has 1 fully saturated rings. The molecule has 10 heteroatoms. The van der Waals surface area contributed by atoms with E-state index in [9.17, 15) is 21.6 Å². The van der Waals surface area contributed by atoms with Crippen LogP contribution in [0.15, 0.2) is 70.5 Å². The van der Waals surface area contributed by atoms with Crippen molar-refractivity contribution in [1.82, 2.24) is 4.31 Å². The van der Waals surface area contributed by atoms with Crippen molar-refractivity contribution >= 4 is 48.1 Å². The summed E-state index contributed by atoms with van der Waals surface area (Å²) in [6.45, 7) is 0.551. The minimum atomic E-state index is -3.87. The van der Waals surface area contributed by atoms with Gasteiger partial charge >= 0.3 is 0 Å². The number of nitrogens with one attached hydrogen (secondary N) is 1. The van der Waals surface area contributed by atoms with Gasteiger partial charge in [-0.2, -0.15) is 4.31 Å². The molecule has 178 valence electrons.